The zero-order valence-corrected chi connectivity index (χ0v) is 9.90. The first kappa shape index (κ1) is 10.7. The molecule has 2 N–H and O–H groups in total. The number of carbonyl (C=O) groups is 1. The second kappa shape index (κ2) is 4.10. The number of fused-ring (bicyclic) bond motifs is 1. The van der Waals surface area contributed by atoms with Crippen LogP contribution in [0.1, 0.15) is 5.56 Å². The van der Waals surface area contributed by atoms with Gasteiger partial charge in [-0.25, -0.2) is 9.97 Å². The fourth-order valence-electron chi connectivity index (χ4n) is 1.89. The highest BCUT2D eigenvalue weighted by Crippen LogP contribution is 2.25. The van der Waals surface area contributed by atoms with Crippen LogP contribution >= 0.6 is 0 Å². The second-order valence-corrected chi connectivity index (χ2v) is 4.23. The van der Waals surface area contributed by atoms with Gasteiger partial charge in [0.05, 0.1) is 12.7 Å². The molecular weight excluding hydrogens is 228 g/mol. The summed E-state index contributed by atoms with van der Waals surface area (Å²) in [5.74, 6) is 1.25. The highest BCUT2D eigenvalue weighted by Gasteiger charge is 2.16. The topological polar surface area (TPSA) is 66.9 Å². The SMILES string of the molecule is Cc1cccc(-c2ncc3c(n2)NCC(=O)N3)c1. The van der Waals surface area contributed by atoms with E-state index in [-0.39, 0.29) is 12.5 Å². The molecule has 0 aliphatic carbocycles. The normalized spacial score (nSPS) is 13.5. The smallest absolute Gasteiger partial charge is 0.243 e. The van der Waals surface area contributed by atoms with Gasteiger partial charge in [-0.05, 0) is 13.0 Å². The number of carbonyl (C=O) groups excluding carboxylic acids is 1. The van der Waals surface area contributed by atoms with Crippen molar-refractivity contribution in [2.45, 2.75) is 6.92 Å². The molecule has 0 atom stereocenters. The van der Waals surface area contributed by atoms with Crippen LogP contribution < -0.4 is 10.6 Å². The van der Waals surface area contributed by atoms with Gasteiger partial charge in [0, 0.05) is 5.56 Å². The lowest BCUT2D eigenvalue weighted by Gasteiger charge is -2.17. The zero-order chi connectivity index (χ0) is 12.5. The third-order valence-corrected chi connectivity index (χ3v) is 2.76. The molecule has 1 aromatic carbocycles. The van der Waals surface area contributed by atoms with Crippen LogP contribution in [0.15, 0.2) is 30.5 Å². The Kier molecular flexibility index (Phi) is 2.44. The monoisotopic (exact) mass is 240 g/mol. The summed E-state index contributed by atoms with van der Waals surface area (Å²) < 4.78 is 0. The molecule has 0 saturated heterocycles. The number of anilines is 2. The number of nitrogens with zero attached hydrogens (tertiary/aromatic N) is 2. The van der Waals surface area contributed by atoms with E-state index < -0.39 is 0 Å². The second-order valence-electron chi connectivity index (χ2n) is 4.23. The molecule has 0 spiro atoms. The van der Waals surface area contributed by atoms with Gasteiger partial charge in [0.15, 0.2) is 11.6 Å². The molecular formula is C13H12N4O. The van der Waals surface area contributed by atoms with Gasteiger partial charge < -0.3 is 10.6 Å². The third-order valence-electron chi connectivity index (χ3n) is 2.76. The molecule has 1 aliphatic rings. The zero-order valence-electron chi connectivity index (χ0n) is 9.90. The number of benzene rings is 1. The number of hydrogen-bond acceptors (Lipinski definition) is 4. The summed E-state index contributed by atoms with van der Waals surface area (Å²) in [7, 11) is 0. The van der Waals surface area contributed by atoms with Gasteiger partial charge in [0.25, 0.3) is 0 Å². The number of hydrogen-bond donors (Lipinski definition) is 2. The molecule has 0 radical (unpaired) electrons. The van der Waals surface area contributed by atoms with Gasteiger partial charge in [-0.2, -0.15) is 0 Å². The van der Waals surface area contributed by atoms with Gasteiger partial charge in [0.2, 0.25) is 5.91 Å². The first-order chi connectivity index (χ1) is 8.72. The lowest BCUT2D eigenvalue weighted by atomic mass is 10.1. The average molecular weight is 240 g/mol. The minimum atomic E-state index is -0.0746. The molecule has 1 aromatic heterocycles. The summed E-state index contributed by atoms with van der Waals surface area (Å²) in [5, 5.41) is 5.70. The van der Waals surface area contributed by atoms with Crippen molar-refractivity contribution in [3.8, 4) is 11.4 Å². The molecule has 2 heterocycles. The molecule has 3 rings (SSSR count). The third kappa shape index (κ3) is 1.90. The van der Waals surface area contributed by atoms with Crippen LogP contribution in [-0.4, -0.2) is 22.4 Å². The van der Waals surface area contributed by atoms with Gasteiger partial charge in [0.1, 0.15) is 5.69 Å². The van der Waals surface area contributed by atoms with Crippen LogP contribution in [0.3, 0.4) is 0 Å². The van der Waals surface area contributed by atoms with E-state index in [9.17, 15) is 4.79 Å². The fraction of sp³-hybridized carbons (Fsp3) is 0.154. The summed E-state index contributed by atoms with van der Waals surface area (Å²) in [6.45, 7) is 2.28. The Labute approximate surface area is 104 Å². The van der Waals surface area contributed by atoms with Crippen molar-refractivity contribution in [3.05, 3.63) is 36.0 Å². The predicted octanol–water partition coefficient (Wildman–Crippen LogP) is 1.82. The van der Waals surface area contributed by atoms with E-state index in [1.54, 1.807) is 6.20 Å². The van der Waals surface area contributed by atoms with Gasteiger partial charge in [-0.15, -0.1) is 0 Å². The van der Waals surface area contributed by atoms with Crippen molar-refractivity contribution >= 4 is 17.4 Å². The standard InChI is InChI=1S/C13H12N4O/c1-8-3-2-4-9(5-8)12-14-6-10-13(17-12)15-7-11(18)16-10/h2-6H,7H2,1H3,(H,16,18)(H,14,15,17). The number of amides is 1. The molecule has 0 saturated carbocycles. The molecule has 1 aliphatic heterocycles. The lowest BCUT2D eigenvalue weighted by Crippen LogP contribution is -2.28. The highest BCUT2D eigenvalue weighted by molar-refractivity contribution is 5.99. The number of rotatable bonds is 1. The van der Waals surface area contributed by atoms with Crippen LogP contribution in [0.2, 0.25) is 0 Å². The van der Waals surface area contributed by atoms with Crippen molar-refractivity contribution in [3.63, 3.8) is 0 Å². The van der Waals surface area contributed by atoms with E-state index >= 15 is 0 Å². The van der Waals surface area contributed by atoms with Gasteiger partial charge >= 0.3 is 0 Å². The minimum Gasteiger partial charge on any atom is -0.359 e. The molecule has 1 amide bonds. The Morgan fingerprint density at radius 2 is 2.22 bits per heavy atom. The van der Waals surface area contributed by atoms with Crippen LogP contribution in [-0.2, 0) is 4.79 Å². The average Bonchev–Trinajstić information content (AvgIpc) is 2.38. The molecule has 5 nitrogen and oxygen atoms in total. The molecule has 2 aromatic rings. The molecule has 0 fully saturated rings. The maximum absolute atomic E-state index is 11.2. The van der Waals surface area contributed by atoms with Crippen LogP contribution in [0.5, 0.6) is 0 Å². The Morgan fingerprint density at radius 1 is 1.33 bits per heavy atom. The molecule has 0 unspecified atom stereocenters. The van der Waals surface area contributed by atoms with Gasteiger partial charge in [-0.3, -0.25) is 4.79 Å². The number of aromatic nitrogens is 2. The predicted molar refractivity (Wildman–Crippen MR) is 69.3 cm³/mol. The Hall–Kier alpha value is -2.43. The van der Waals surface area contributed by atoms with Crippen LogP contribution in [0, 0.1) is 6.92 Å². The largest absolute Gasteiger partial charge is 0.359 e. The van der Waals surface area contributed by atoms with Crippen molar-refractivity contribution in [2.75, 3.05) is 17.2 Å². The van der Waals surface area contributed by atoms with E-state index in [1.807, 2.05) is 31.2 Å². The van der Waals surface area contributed by atoms with E-state index in [1.165, 1.54) is 0 Å². The summed E-state index contributed by atoms with van der Waals surface area (Å²) in [6, 6.07) is 8.00. The Morgan fingerprint density at radius 3 is 3.06 bits per heavy atom. The first-order valence-corrected chi connectivity index (χ1v) is 5.70. The highest BCUT2D eigenvalue weighted by atomic mass is 16.2. The Bertz CT molecular complexity index is 624. The lowest BCUT2D eigenvalue weighted by molar-refractivity contribution is -0.114. The summed E-state index contributed by atoms with van der Waals surface area (Å²) >= 11 is 0. The van der Waals surface area contributed by atoms with E-state index in [2.05, 4.69) is 20.6 Å². The van der Waals surface area contributed by atoms with E-state index in [4.69, 9.17) is 0 Å². The van der Waals surface area contributed by atoms with E-state index in [0.717, 1.165) is 11.1 Å². The maximum atomic E-state index is 11.2. The van der Waals surface area contributed by atoms with Crippen LogP contribution in [0.4, 0.5) is 11.5 Å². The van der Waals surface area contributed by atoms with Crippen molar-refractivity contribution in [1.82, 2.24) is 9.97 Å². The Balaban J connectivity index is 2.02. The van der Waals surface area contributed by atoms with Gasteiger partial charge in [-0.1, -0.05) is 23.8 Å². The van der Waals surface area contributed by atoms with Crippen molar-refractivity contribution in [2.24, 2.45) is 0 Å². The van der Waals surface area contributed by atoms with Crippen molar-refractivity contribution < 1.29 is 4.79 Å². The minimum absolute atomic E-state index is 0.0746. The molecule has 90 valence electrons. The quantitative estimate of drug-likeness (QED) is 0.797. The first-order valence-electron chi connectivity index (χ1n) is 5.70. The van der Waals surface area contributed by atoms with Crippen LogP contribution in [0.25, 0.3) is 11.4 Å². The molecule has 0 bridgehead atoms. The van der Waals surface area contributed by atoms with Crippen molar-refractivity contribution in [1.29, 1.82) is 0 Å². The molecule has 5 heteroatoms. The summed E-state index contributed by atoms with van der Waals surface area (Å²) in [6.07, 6.45) is 1.63. The molecule has 18 heavy (non-hydrogen) atoms. The fourth-order valence-corrected chi connectivity index (χ4v) is 1.89. The number of aryl methyl sites for hydroxylation is 1. The maximum Gasteiger partial charge on any atom is 0.243 e. The summed E-state index contributed by atoms with van der Waals surface area (Å²) in [4.78, 5) is 19.9. The summed E-state index contributed by atoms with van der Waals surface area (Å²) in [5.41, 5.74) is 2.76. The van der Waals surface area contributed by atoms with E-state index in [0.29, 0.717) is 17.3 Å². The number of nitrogens with one attached hydrogen (secondary N) is 2.